The van der Waals surface area contributed by atoms with Gasteiger partial charge in [0, 0.05) is 19.1 Å². The van der Waals surface area contributed by atoms with Crippen LogP contribution >= 0.6 is 0 Å². The molecule has 1 unspecified atom stereocenters. The van der Waals surface area contributed by atoms with Crippen molar-refractivity contribution in [3.8, 4) is 0 Å². The quantitative estimate of drug-likeness (QED) is 0.717. The van der Waals surface area contributed by atoms with Crippen molar-refractivity contribution in [1.82, 2.24) is 5.32 Å². The third-order valence-corrected chi connectivity index (χ3v) is 2.67. The fourth-order valence-corrected chi connectivity index (χ4v) is 2.03. The Morgan fingerprint density at radius 2 is 1.94 bits per heavy atom. The predicted octanol–water partition coefficient (Wildman–Crippen LogP) is 2.11. The summed E-state index contributed by atoms with van der Waals surface area (Å²) in [4.78, 5) is 0. The van der Waals surface area contributed by atoms with Gasteiger partial charge in [-0.15, -0.1) is 13.2 Å². The SMILES string of the molecule is C=C.C=CN.NCCNC1CCc2ccccc21. The smallest absolute Gasteiger partial charge is 0.0326 e. The van der Waals surface area contributed by atoms with Gasteiger partial charge in [0.15, 0.2) is 0 Å². The maximum atomic E-state index is 5.46. The van der Waals surface area contributed by atoms with Crippen molar-refractivity contribution in [2.45, 2.75) is 18.9 Å². The molecule has 0 aromatic heterocycles. The van der Waals surface area contributed by atoms with Gasteiger partial charge in [0.05, 0.1) is 0 Å². The highest BCUT2D eigenvalue weighted by atomic mass is 14.9. The van der Waals surface area contributed by atoms with Gasteiger partial charge in [0.2, 0.25) is 0 Å². The highest BCUT2D eigenvalue weighted by Gasteiger charge is 2.20. The third kappa shape index (κ3) is 5.17. The average Bonchev–Trinajstić information content (AvgIpc) is 2.83. The summed E-state index contributed by atoms with van der Waals surface area (Å²) < 4.78 is 0. The van der Waals surface area contributed by atoms with Crippen LogP contribution in [-0.2, 0) is 6.42 Å². The largest absolute Gasteiger partial charge is 0.405 e. The Morgan fingerprint density at radius 3 is 2.56 bits per heavy atom. The topological polar surface area (TPSA) is 64.1 Å². The van der Waals surface area contributed by atoms with Crippen LogP contribution in [0.4, 0.5) is 0 Å². The Morgan fingerprint density at radius 1 is 1.33 bits per heavy atom. The van der Waals surface area contributed by atoms with Crippen molar-refractivity contribution < 1.29 is 0 Å². The van der Waals surface area contributed by atoms with E-state index in [1.807, 2.05) is 0 Å². The molecule has 100 valence electrons. The van der Waals surface area contributed by atoms with Gasteiger partial charge < -0.3 is 16.8 Å². The first-order valence-electron chi connectivity index (χ1n) is 6.17. The molecule has 18 heavy (non-hydrogen) atoms. The lowest BCUT2D eigenvalue weighted by Crippen LogP contribution is -2.25. The van der Waals surface area contributed by atoms with Crippen LogP contribution in [-0.4, -0.2) is 13.1 Å². The maximum absolute atomic E-state index is 5.46. The molecule has 1 atom stereocenters. The lowest BCUT2D eigenvalue weighted by atomic mass is 10.1. The molecular formula is C15H25N3. The van der Waals surface area contributed by atoms with Crippen LogP contribution in [0.2, 0.25) is 0 Å². The average molecular weight is 247 g/mol. The molecule has 0 amide bonds. The Bertz CT molecular complexity index is 336. The molecule has 0 radical (unpaired) electrons. The lowest BCUT2D eigenvalue weighted by Gasteiger charge is -2.12. The van der Waals surface area contributed by atoms with Gasteiger partial charge in [-0.05, 0) is 30.2 Å². The standard InChI is InChI=1S/C11H16N2.C2H5N.C2H4/c12-7-8-13-11-6-5-9-3-1-2-4-10(9)11;1-2-3;1-2/h1-4,11,13H,5-8,12H2;2H,1,3H2;1-2H2. The summed E-state index contributed by atoms with van der Waals surface area (Å²) in [6.45, 7) is 10.8. The van der Waals surface area contributed by atoms with Crippen molar-refractivity contribution in [2.24, 2.45) is 11.5 Å². The number of hydrogen-bond acceptors (Lipinski definition) is 3. The van der Waals surface area contributed by atoms with Crippen LogP contribution in [0.1, 0.15) is 23.6 Å². The summed E-state index contributed by atoms with van der Waals surface area (Å²) in [7, 11) is 0. The minimum atomic E-state index is 0.541. The van der Waals surface area contributed by atoms with Gasteiger partial charge in [-0.25, -0.2) is 0 Å². The Kier molecular flexibility index (Phi) is 9.64. The molecule has 1 aromatic rings. The Hall–Kier alpha value is -1.58. The molecule has 0 bridgehead atoms. The van der Waals surface area contributed by atoms with Crippen molar-refractivity contribution in [3.63, 3.8) is 0 Å². The number of benzene rings is 1. The molecule has 0 spiro atoms. The number of fused-ring (bicyclic) bond motifs is 1. The number of rotatable bonds is 3. The Labute approximate surface area is 111 Å². The van der Waals surface area contributed by atoms with Gasteiger partial charge in [0.1, 0.15) is 0 Å². The summed E-state index contributed by atoms with van der Waals surface area (Å²) >= 11 is 0. The molecule has 5 N–H and O–H groups in total. The number of hydrogen-bond donors (Lipinski definition) is 3. The Balaban J connectivity index is 0.000000509. The molecule has 1 aliphatic carbocycles. The third-order valence-electron chi connectivity index (χ3n) is 2.67. The molecule has 1 aliphatic rings. The van der Waals surface area contributed by atoms with E-state index in [-0.39, 0.29) is 0 Å². The predicted molar refractivity (Wildman–Crippen MR) is 80.2 cm³/mol. The molecule has 2 rings (SSSR count). The first kappa shape index (κ1) is 16.4. The molecule has 0 aliphatic heterocycles. The van der Waals surface area contributed by atoms with E-state index >= 15 is 0 Å². The van der Waals surface area contributed by atoms with Crippen LogP contribution < -0.4 is 16.8 Å². The summed E-state index contributed by atoms with van der Waals surface area (Å²) in [5, 5.41) is 3.46. The van der Waals surface area contributed by atoms with Crippen molar-refractivity contribution in [3.05, 3.63) is 61.3 Å². The normalized spacial score (nSPS) is 15.5. The van der Waals surface area contributed by atoms with Crippen LogP contribution in [0.3, 0.4) is 0 Å². The van der Waals surface area contributed by atoms with Crippen LogP contribution in [0.25, 0.3) is 0 Å². The van der Waals surface area contributed by atoms with Crippen molar-refractivity contribution in [1.29, 1.82) is 0 Å². The second-order valence-corrected chi connectivity index (χ2v) is 3.77. The van der Waals surface area contributed by atoms with E-state index in [2.05, 4.69) is 55.1 Å². The fourth-order valence-electron chi connectivity index (χ4n) is 2.03. The molecule has 0 fully saturated rings. The van der Waals surface area contributed by atoms with E-state index in [0.29, 0.717) is 6.04 Å². The zero-order valence-electron chi connectivity index (χ0n) is 11.1. The number of nitrogens with one attached hydrogen (secondary N) is 1. The minimum absolute atomic E-state index is 0.541. The van der Waals surface area contributed by atoms with Crippen LogP contribution in [0.5, 0.6) is 0 Å². The van der Waals surface area contributed by atoms with E-state index in [1.54, 1.807) is 0 Å². The summed E-state index contributed by atoms with van der Waals surface area (Å²) in [5.74, 6) is 0. The van der Waals surface area contributed by atoms with E-state index in [9.17, 15) is 0 Å². The van der Waals surface area contributed by atoms with Gasteiger partial charge >= 0.3 is 0 Å². The summed E-state index contributed by atoms with van der Waals surface area (Å²) in [6, 6.07) is 9.21. The van der Waals surface area contributed by atoms with E-state index in [0.717, 1.165) is 13.1 Å². The van der Waals surface area contributed by atoms with E-state index in [4.69, 9.17) is 5.73 Å². The molecule has 0 saturated carbocycles. The van der Waals surface area contributed by atoms with E-state index < -0.39 is 0 Å². The summed E-state index contributed by atoms with van der Waals surface area (Å²) in [5.41, 5.74) is 13.0. The second kappa shape index (κ2) is 10.6. The second-order valence-electron chi connectivity index (χ2n) is 3.77. The van der Waals surface area contributed by atoms with Crippen molar-refractivity contribution >= 4 is 0 Å². The number of nitrogens with two attached hydrogens (primary N) is 2. The first-order valence-corrected chi connectivity index (χ1v) is 6.17. The molecule has 1 aromatic carbocycles. The zero-order chi connectivity index (χ0) is 13.8. The van der Waals surface area contributed by atoms with Crippen LogP contribution in [0, 0.1) is 0 Å². The fraction of sp³-hybridized carbons (Fsp3) is 0.333. The summed E-state index contributed by atoms with van der Waals surface area (Å²) in [6.07, 6.45) is 3.68. The molecule has 3 nitrogen and oxygen atoms in total. The number of aryl methyl sites for hydroxylation is 1. The molecule has 3 heteroatoms. The van der Waals surface area contributed by atoms with Gasteiger partial charge in [-0.1, -0.05) is 30.8 Å². The monoisotopic (exact) mass is 247 g/mol. The highest BCUT2D eigenvalue weighted by molar-refractivity contribution is 5.34. The molecule has 0 heterocycles. The minimum Gasteiger partial charge on any atom is -0.405 e. The molecular weight excluding hydrogens is 222 g/mol. The van der Waals surface area contributed by atoms with Gasteiger partial charge in [-0.2, -0.15) is 0 Å². The first-order chi connectivity index (χ1) is 8.83. The maximum Gasteiger partial charge on any atom is 0.0326 e. The van der Waals surface area contributed by atoms with Gasteiger partial charge in [-0.3, -0.25) is 0 Å². The zero-order valence-corrected chi connectivity index (χ0v) is 11.1. The highest BCUT2D eigenvalue weighted by Crippen LogP contribution is 2.30. The lowest BCUT2D eigenvalue weighted by molar-refractivity contribution is 0.538. The van der Waals surface area contributed by atoms with Gasteiger partial charge in [0.25, 0.3) is 0 Å². The molecule has 0 saturated heterocycles. The van der Waals surface area contributed by atoms with Crippen molar-refractivity contribution in [2.75, 3.05) is 13.1 Å². The van der Waals surface area contributed by atoms with Crippen LogP contribution in [0.15, 0.2) is 50.2 Å². The van der Waals surface area contributed by atoms with E-state index in [1.165, 1.54) is 30.2 Å².